The zero-order valence-corrected chi connectivity index (χ0v) is 12.3. The Morgan fingerprint density at radius 2 is 2.00 bits per heavy atom. The molecule has 110 valence electrons. The van der Waals surface area contributed by atoms with Gasteiger partial charge in [0, 0.05) is 13.5 Å². The van der Waals surface area contributed by atoms with Crippen molar-refractivity contribution in [1.82, 2.24) is 10.2 Å². The van der Waals surface area contributed by atoms with Crippen LogP contribution in [0.2, 0.25) is 0 Å². The minimum absolute atomic E-state index is 0.198. The van der Waals surface area contributed by atoms with Gasteiger partial charge in [0.1, 0.15) is 6.04 Å². The molecular weight excluding hydrogens is 244 g/mol. The van der Waals surface area contributed by atoms with Crippen molar-refractivity contribution in [3.8, 4) is 0 Å². The van der Waals surface area contributed by atoms with Crippen molar-refractivity contribution in [2.75, 3.05) is 26.7 Å². The highest BCUT2D eigenvalue weighted by atomic mass is 16.5. The van der Waals surface area contributed by atoms with Gasteiger partial charge < -0.3 is 15.0 Å². The zero-order valence-electron chi connectivity index (χ0n) is 12.3. The van der Waals surface area contributed by atoms with Crippen LogP contribution >= 0.6 is 0 Å². The van der Waals surface area contributed by atoms with Gasteiger partial charge in [-0.2, -0.15) is 0 Å². The van der Waals surface area contributed by atoms with E-state index in [4.69, 9.17) is 4.74 Å². The molecule has 1 aliphatic rings. The number of methoxy groups -OCH3 is 1. The Bertz CT molecular complexity index is 299. The molecule has 1 N–H and O–H groups in total. The van der Waals surface area contributed by atoms with Gasteiger partial charge in [0.05, 0.1) is 7.11 Å². The largest absolute Gasteiger partial charge is 0.467 e. The van der Waals surface area contributed by atoms with Crippen LogP contribution in [0.4, 0.5) is 0 Å². The van der Waals surface area contributed by atoms with Crippen molar-refractivity contribution >= 4 is 11.9 Å². The van der Waals surface area contributed by atoms with Crippen LogP contribution in [0.1, 0.15) is 39.5 Å². The van der Waals surface area contributed by atoms with Crippen LogP contribution in [0.5, 0.6) is 0 Å². The average Bonchev–Trinajstić information content (AvgIpc) is 2.39. The van der Waals surface area contributed by atoms with E-state index in [0.717, 1.165) is 19.0 Å². The Hall–Kier alpha value is -1.10. The molecule has 1 unspecified atom stereocenters. The van der Waals surface area contributed by atoms with E-state index in [9.17, 15) is 9.59 Å². The summed E-state index contributed by atoms with van der Waals surface area (Å²) in [5.74, 6) is 0.251. The Labute approximate surface area is 115 Å². The van der Waals surface area contributed by atoms with Crippen LogP contribution in [0.15, 0.2) is 0 Å². The Morgan fingerprint density at radius 1 is 1.37 bits per heavy atom. The molecule has 1 atom stereocenters. The number of rotatable bonds is 6. The number of nitrogens with one attached hydrogen (secondary N) is 1. The predicted octanol–water partition coefficient (Wildman–Crippen LogP) is 1.18. The second kappa shape index (κ2) is 8.15. The first-order valence-electron chi connectivity index (χ1n) is 7.14. The van der Waals surface area contributed by atoms with Gasteiger partial charge in [-0.25, -0.2) is 4.79 Å². The lowest BCUT2D eigenvalue weighted by Gasteiger charge is -2.33. The number of hydrogen-bond acceptors (Lipinski definition) is 4. The third kappa shape index (κ3) is 5.59. The highest BCUT2D eigenvalue weighted by Gasteiger charge is 2.26. The number of likely N-dealkylation sites (tertiary alicyclic amines) is 1. The number of carbonyl (C=O) groups excluding carboxylic acids is 2. The van der Waals surface area contributed by atoms with Crippen molar-refractivity contribution in [3.63, 3.8) is 0 Å². The molecule has 1 heterocycles. The number of amides is 1. The van der Waals surface area contributed by atoms with Gasteiger partial charge in [0.25, 0.3) is 0 Å². The fourth-order valence-electron chi connectivity index (χ4n) is 2.69. The SMILES string of the molecule is CCCC1CCN(CC(NC(C)=O)C(=O)OC)CC1. The summed E-state index contributed by atoms with van der Waals surface area (Å²) in [5, 5.41) is 2.66. The maximum Gasteiger partial charge on any atom is 0.329 e. The molecule has 1 rings (SSSR count). The molecule has 0 radical (unpaired) electrons. The van der Waals surface area contributed by atoms with Gasteiger partial charge in [-0.3, -0.25) is 4.79 Å². The van der Waals surface area contributed by atoms with E-state index in [2.05, 4.69) is 17.1 Å². The lowest BCUT2D eigenvalue weighted by atomic mass is 9.92. The number of hydrogen-bond donors (Lipinski definition) is 1. The van der Waals surface area contributed by atoms with Crippen molar-refractivity contribution < 1.29 is 14.3 Å². The maximum atomic E-state index is 11.6. The topological polar surface area (TPSA) is 58.6 Å². The molecule has 1 fully saturated rings. The van der Waals surface area contributed by atoms with Crippen LogP contribution in [0.25, 0.3) is 0 Å². The van der Waals surface area contributed by atoms with Crippen molar-refractivity contribution in [3.05, 3.63) is 0 Å². The summed E-state index contributed by atoms with van der Waals surface area (Å²) in [6.07, 6.45) is 4.89. The van der Waals surface area contributed by atoms with E-state index < -0.39 is 6.04 Å². The van der Waals surface area contributed by atoms with Gasteiger partial charge in [-0.05, 0) is 31.8 Å². The first-order chi connectivity index (χ1) is 9.06. The van der Waals surface area contributed by atoms with Crippen molar-refractivity contribution in [2.45, 2.75) is 45.6 Å². The molecule has 1 amide bonds. The molecular formula is C14H26N2O3. The second-order valence-corrected chi connectivity index (χ2v) is 5.31. The van der Waals surface area contributed by atoms with Crippen molar-refractivity contribution in [2.24, 2.45) is 5.92 Å². The van der Waals surface area contributed by atoms with Gasteiger partial charge in [0.2, 0.25) is 5.91 Å². The highest BCUT2D eigenvalue weighted by Crippen LogP contribution is 2.21. The van der Waals surface area contributed by atoms with Crippen LogP contribution in [0, 0.1) is 5.92 Å². The minimum Gasteiger partial charge on any atom is -0.467 e. The summed E-state index contributed by atoms with van der Waals surface area (Å²) in [6, 6.07) is -0.551. The van der Waals surface area contributed by atoms with E-state index in [0.29, 0.717) is 6.54 Å². The number of piperidine rings is 1. The van der Waals surface area contributed by atoms with E-state index >= 15 is 0 Å². The first-order valence-corrected chi connectivity index (χ1v) is 7.14. The molecule has 0 aromatic rings. The molecule has 0 saturated carbocycles. The molecule has 0 aliphatic carbocycles. The van der Waals surface area contributed by atoms with Crippen LogP contribution in [-0.2, 0) is 14.3 Å². The van der Waals surface area contributed by atoms with Crippen LogP contribution < -0.4 is 5.32 Å². The van der Waals surface area contributed by atoms with E-state index in [1.54, 1.807) is 0 Å². The highest BCUT2D eigenvalue weighted by molar-refractivity contribution is 5.83. The molecule has 0 spiro atoms. The minimum atomic E-state index is -0.551. The summed E-state index contributed by atoms with van der Waals surface area (Å²) < 4.78 is 4.73. The lowest BCUT2D eigenvalue weighted by molar-refractivity contribution is -0.145. The number of nitrogens with zero attached hydrogens (tertiary/aromatic N) is 1. The molecule has 0 aromatic carbocycles. The van der Waals surface area contributed by atoms with E-state index in [-0.39, 0.29) is 11.9 Å². The fourth-order valence-corrected chi connectivity index (χ4v) is 2.69. The maximum absolute atomic E-state index is 11.6. The smallest absolute Gasteiger partial charge is 0.329 e. The summed E-state index contributed by atoms with van der Waals surface area (Å²) >= 11 is 0. The third-order valence-electron chi connectivity index (χ3n) is 3.71. The van der Waals surface area contributed by atoms with Crippen molar-refractivity contribution in [1.29, 1.82) is 0 Å². The van der Waals surface area contributed by atoms with E-state index in [1.807, 2.05) is 0 Å². The van der Waals surface area contributed by atoms with Gasteiger partial charge >= 0.3 is 5.97 Å². The normalized spacial score (nSPS) is 18.9. The van der Waals surface area contributed by atoms with Gasteiger partial charge in [-0.1, -0.05) is 19.8 Å². The van der Waals surface area contributed by atoms with Crippen LogP contribution in [0.3, 0.4) is 0 Å². The average molecular weight is 270 g/mol. The van der Waals surface area contributed by atoms with Gasteiger partial charge in [0.15, 0.2) is 0 Å². The number of ether oxygens (including phenoxy) is 1. The quantitative estimate of drug-likeness (QED) is 0.736. The summed E-state index contributed by atoms with van der Waals surface area (Å²) in [6.45, 7) is 6.18. The standard InChI is InChI=1S/C14H26N2O3/c1-4-5-12-6-8-16(9-7-12)10-13(14(18)19-3)15-11(2)17/h12-13H,4-10H2,1-3H3,(H,15,17). The predicted molar refractivity (Wildman–Crippen MR) is 73.7 cm³/mol. The first kappa shape index (κ1) is 16.0. The van der Waals surface area contributed by atoms with E-state index in [1.165, 1.54) is 39.7 Å². The summed E-state index contributed by atoms with van der Waals surface area (Å²) in [4.78, 5) is 25.0. The Balaban J connectivity index is 2.43. The van der Waals surface area contributed by atoms with Gasteiger partial charge in [-0.15, -0.1) is 0 Å². The molecule has 5 nitrogen and oxygen atoms in total. The summed E-state index contributed by atoms with van der Waals surface area (Å²) in [5.41, 5.74) is 0. The monoisotopic (exact) mass is 270 g/mol. The third-order valence-corrected chi connectivity index (χ3v) is 3.71. The lowest BCUT2D eigenvalue weighted by Crippen LogP contribution is -2.50. The number of esters is 1. The Morgan fingerprint density at radius 3 is 2.47 bits per heavy atom. The molecule has 0 bridgehead atoms. The summed E-state index contributed by atoms with van der Waals surface area (Å²) in [7, 11) is 1.35. The fraction of sp³-hybridized carbons (Fsp3) is 0.857. The Kier molecular flexibility index (Phi) is 6.84. The zero-order chi connectivity index (χ0) is 14.3. The number of carbonyl (C=O) groups is 2. The molecule has 1 saturated heterocycles. The molecule has 1 aliphatic heterocycles. The molecule has 0 aromatic heterocycles. The molecule has 19 heavy (non-hydrogen) atoms. The second-order valence-electron chi connectivity index (χ2n) is 5.31. The van der Waals surface area contributed by atoms with Crippen LogP contribution in [-0.4, -0.2) is 49.6 Å². The molecule has 5 heteroatoms.